The van der Waals surface area contributed by atoms with E-state index in [2.05, 4.69) is 0 Å². The molecule has 0 fully saturated rings. The Morgan fingerprint density at radius 1 is 1.28 bits per heavy atom. The van der Waals surface area contributed by atoms with E-state index in [1.807, 2.05) is 6.07 Å². The molecule has 0 saturated carbocycles. The van der Waals surface area contributed by atoms with Gasteiger partial charge in [-0.2, -0.15) is 0 Å². The normalized spacial score (nSPS) is 16.2. The summed E-state index contributed by atoms with van der Waals surface area (Å²) in [6.45, 7) is 2.94. The number of rotatable bonds is 1. The Balaban J connectivity index is 0.00000162. The molecule has 2 rings (SSSR count). The van der Waals surface area contributed by atoms with Crippen LogP contribution in [0.2, 0.25) is 0 Å². The molecule has 18 heavy (non-hydrogen) atoms. The summed E-state index contributed by atoms with van der Waals surface area (Å²) in [4.78, 5) is 13.4. The Kier molecular flexibility index (Phi) is 6.01. The van der Waals surface area contributed by atoms with Gasteiger partial charge in [0.2, 0.25) is 5.91 Å². The summed E-state index contributed by atoms with van der Waals surface area (Å²) >= 11 is -2.18. The van der Waals surface area contributed by atoms with Crippen LogP contribution >= 0.6 is 0 Å². The first-order valence-electron chi connectivity index (χ1n) is 5.54. The molecule has 1 amide bonds. The van der Waals surface area contributed by atoms with Crippen molar-refractivity contribution in [3.63, 3.8) is 0 Å². The molecule has 1 aliphatic heterocycles. The zero-order valence-electron chi connectivity index (χ0n) is 10.6. The summed E-state index contributed by atoms with van der Waals surface area (Å²) in [5.41, 5.74) is 2.18. The third-order valence-electron chi connectivity index (χ3n) is 3.12. The Hall–Kier alpha value is -0.200. The summed E-state index contributed by atoms with van der Waals surface area (Å²) in [5.74, 6) is 0.0745. The molecule has 0 saturated heterocycles. The van der Waals surface area contributed by atoms with Gasteiger partial charge in [0.1, 0.15) is 0 Å². The van der Waals surface area contributed by atoms with Crippen molar-refractivity contribution in [1.82, 2.24) is 4.90 Å². The van der Waals surface area contributed by atoms with Gasteiger partial charge < -0.3 is 9.45 Å². The minimum absolute atomic E-state index is 0. The van der Waals surface area contributed by atoms with Crippen molar-refractivity contribution in [1.29, 1.82) is 0 Å². The van der Waals surface area contributed by atoms with E-state index < -0.39 is 11.1 Å². The first kappa shape index (κ1) is 15.9. The van der Waals surface area contributed by atoms with Crippen molar-refractivity contribution in [3.05, 3.63) is 29.3 Å². The fourth-order valence-corrected chi connectivity index (χ4v) is 2.54. The molecular weight excluding hydrogens is 261 g/mol. The Morgan fingerprint density at radius 3 is 2.44 bits per heavy atom. The molecule has 1 atom stereocenters. The van der Waals surface area contributed by atoms with Crippen LogP contribution in [0.1, 0.15) is 18.1 Å². The van der Waals surface area contributed by atoms with Crippen molar-refractivity contribution in [2.45, 2.75) is 24.7 Å². The van der Waals surface area contributed by atoms with Gasteiger partial charge in [0.15, 0.2) is 0 Å². The van der Waals surface area contributed by atoms with Crippen LogP contribution in [0.5, 0.6) is 0 Å². The van der Waals surface area contributed by atoms with Gasteiger partial charge in [0.05, 0.1) is 0 Å². The second-order valence-electron chi connectivity index (χ2n) is 4.17. The van der Waals surface area contributed by atoms with Crippen LogP contribution in [-0.2, 0) is 28.7 Å². The van der Waals surface area contributed by atoms with Crippen LogP contribution in [0, 0.1) is 0 Å². The maximum atomic E-state index is 11.3. The van der Waals surface area contributed by atoms with Crippen LogP contribution in [-0.4, -0.2) is 32.7 Å². The first-order valence-corrected chi connectivity index (χ1v) is 6.62. The van der Waals surface area contributed by atoms with Crippen molar-refractivity contribution in [3.8, 4) is 0 Å². The van der Waals surface area contributed by atoms with Crippen LogP contribution in [0.25, 0.3) is 0 Å². The number of carbonyl (C=O) groups is 1. The average Bonchev–Trinajstić information content (AvgIpc) is 2.50. The maximum absolute atomic E-state index is 11.3. The van der Waals surface area contributed by atoms with Gasteiger partial charge in [-0.1, -0.05) is 6.07 Å². The number of fused-ring (bicyclic) bond motifs is 1. The minimum Gasteiger partial charge on any atom is -0.768 e. The minimum atomic E-state index is -2.18. The summed E-state index contributed by atoms with van der Waals surface area (Å²) in [7, 11) is 0. The molecule has 6 heteroatoms. The summed E-state index contributed by atoms with van der Waals surface area (Å²) in [6, 6.07) is 5.18. The zero-order chi connectivity index (χ0) is 12.4. The van der Waals surface area contributed by atoms with Crippen molar-refractivity contribution in [2.24, 2.45) is 0 Å². The maximum Gasteiger partial charge on any atom is 1.00 e. The molecule has 0 aliphatic carbocycles. The molecule has 0 aromatic heterocycles. The Bertz CT molecular complexity index is 478. The van der Waals surface area contributed by atoms with Crippen LogP contribution < -0.4 is 29.6 Å². The predicted molar refractivity (Wildman–Crippen MR) is 63.3 cm³/mol. The average molecular weight is 275 g/mol. The van der Waals surface area contributed by atoms with Gasteiger partial charge in [-0.15, -0.1) is 0 Å². The largest absolute Gasteiger partial charge is 1.00 e. The van der Waals surface area contributed by atoms with Gasteiger partial charge in [0.25, 0.3) is 0 Å². The van der Waals surface area contributed by atoms with E-state index in [9.17, 15) is 13.6 Å². The molecule has 1 unspecified atom stereocenters. The van der Waals surface area contributed by atoms with Gasteiger partial charge >= 0.3 is 29.6 Å². The smallest absolute Gasteiger partial charge is 0.768 e. The molecule has 1 aromatic rings. The molecule has 0 bridgehead atoms. The quantitative estimate of drug-likeness (QED) is 0.435. The van der Waals surface area contributed by atoms with Gasteiger partial charge in [-0.3, -0.25) is 9.00 Å². The van der Waals surface area contributed by atoms with Gasteiger partial charge in [-0.05, 0) is 47.2 Å². The third kappa shape index (κ3) is 3.65. The molecule has 0 spiro atoms. The monoisotopic (exact) mass is 275 g/mol. The van der Waals surface area contributed by atoms with E-state index >= 15 is 0 Å². The SMILES string of the molecule is CC(=O)N1CCc2ccc(S(=O)[O-])cc2CC1.[Na+]. The number of hydrogen-bond acceptors (Lipinski definition) is 3. The molecule has 4 nitrogen and oxygen atoms in total. The first-order chi connectivity index (χ1) is 8.08. The van der Waals surface area contributed by atoms with Crippen molar-refractivity contribution in [2.75, 3.05) is 13.1 Å². The van der Waals surface area contributed by atoms with E-state index in [1.54, 1.807) is 24.0 Å². The number of benzene rings is 1. The second-order valence-corrected chi connectivity index (χ2v) is 5.11. The molecule has 0 radical (unpaired) electrons. The van der Waals surface area contributed by atoms with E-state index in [-0.39, 0.29) is 35.5 Å². The van der Waals surface area contributed by atoms with Gasteiger partial charge in [-0.25, -0.2) is 0 Å². The zero-order valence-corrected chi connectivity index (χ0v) is 13.5. The summed E-state index contributed by atoms with van der Waals surface area (Å²) in [6.07, 6.45) is 1.51. The molecule has 0 N–H and O–H groups in total. The third-order valence-corrected chi connectivity index (χ3v) is 3.76. The number of amides is 1. The predicted octanol–water partition coefficient (Wildman–Crippen LogP) is -2.12. The molecule has 1 aliphatic rings. The molecule has 1 heterocycles. The van der Waals surface area contributed by atoms with E-state index in [0.29, 0.717) is 18.0 Å². The van der Waals surface area contributed by atoms with E-state index in [4.69, 9.17) is 0 Å². The van der Waals surface area contributed by atoms with E-state index in [1.165, 1.54) is 0 Å². The standard InChI is InChI=1S/C12H15NO3S.Na/c1-9(14)13-6-4-10-2-3-12(17(15)16)8-11(10)5-7-13;/h2-3,8H,4-7H2,1H3,(H,15,16);/q;+1/p-1. The fourth-order valence-electron chi connectivity index (χ4n) is 2.12. The Morgan fingerprint density at radius 2 is 1.89 bits per heavy atom. The van der Waals surface area contributed by atoms with Crippen LogP contribution in [0.15, 0.2) is 23.1 Å². The topological polar surface area (TPSA) is 60.4 Å². The second kappa shape index (κ2) is 6.82. The number of nitrogens with zero attached hydrogens (tertiary/aromatic N) is 1. The number of carbonyl (C=O) groups excluding carboxylic acids is 1. The van der Waals surface area contributed by atoms with E-state index in [0.717, 1.165) is 24.0 Å². The van der Waals surface area contributed by atoms with Crippen LogP contribution in [0.4, 0.5) is 0 Å². The summed E-state index contributed by atoms with van der Waals surface area (Å²) < 4.78 is 21.8. The van der Waals surface area contributed by atoms with Crippen LogP contribution in [0.3, 0.4) is 0 Å². The van der Waals surface area contributed by atoms with Crippen molar-refractivity contribution < 1.29 is 43.1 Å². The Labute approximate surface area is 131 Å². The van der Waals surface area contributed by atoms with Crippen molar-refractivity contribution >= 4 is 17.0 Å². The fraction of sp³-hybridized carbons (Fsp3) is 0.417. The molecule has 1 aromatic carbocycles. The molecular formula is C12H14NNaO3S. The summed E-state index contributed by atoms with van der Waals surface area (Å²) in [5, 5.41) is 0. The molecule has 92 valence electrons. The number of hydrogen-bond donors (Lipinski definition) is 0. The van der Waals surface area contributed by atoms with Gasteiger partial charge in [0, 0.05) is 24.9 Å².